The van der Waals surface area contributed by atoms with E-state index in [2.05, 4.69) is 38.0 Å². The molecule has 1 heterocycles. The number of carbonyl (C=O) groups excluding carboxylic acids is 1. The van der Waals surface area contributed by atoms with Gasteiger partial charge in [0.2, 0.25) is 5.91 Å². The molecular formula is C19H13BrCl2F2N4OS. The van der Waals surface area contributed by atoms with Crippen LogP contribution in [0.2, 0.25) is 10.0 Å². The molecule has 1 N–H and O–H groups in total. The van der Waals surface area contributed by atoms with Crippen LogP contribution in [-0.4, -0.2) is 26.4 Å². The predicted octanol–water partition coefficient (Wildman–Crippen LogP) is 6.21. The Morgan fingerprint density at radius 1 is 1.23 bits per heavy atom. The maximum absolute atomic E-state index is 13.9. The molecule has 0 bridgehead atoms. The smallest absolute Gasteiger partial charge is 0.234 e. The van der Waals surface area contributed by atoms with Crippen LogP contribution in [-0.2, 0) is 11.3 Å². The number of allylic oxidation sites excluding steroid dienone is 1. The van der Waals surface area contributed by atoms with E-state index in [9.17, 15) is 13.6 Å². The number of aromatic nitrogens is 3. The number of nitrogens with zero attached hydrogens (tertiary/aromatic N) is 3. The van der Waals surface area contributed by atoms with Gasteiger partial charge in [-0.15, -0.1) is 16.8 Å². The topological polar surface area (TPSA) is 59.8 Å². The van der Waals surface area contributed by atoms with Crippen molar-refractivity contribution in [2.45, 2.75) is 11.7 Å². The average Bonchev–Trinajstić information content (AvgIpc) is 3.08. The summed E-state index contributed by atoms with van der Waals surface area (Å²) in [7, 11) is 0. The van der Waals surface area contributed by atoms with E-state index in [0.717, 1.165) is 17.8 Å². The molecule has 1 aromatic heterocycles. The van der Waals surface area contributed by atoms with Crippen molar-refractivity contribution in [3.05, 3.63) is 69.1 Å². The quantitative estimate of drug-likeness (QED) is 0.290. The second-order valence-corrected chi connectivity index (χ2v) is 8.53. The molecule has 0 radical (unpaired) electrons. The van der Waals surface area contributed by atoms with Gasteiger partial charge in [-0.25, -0.2) is 8.78 Å². The van der Waals surface area contributed by atoms with E-state index in [0.29, 0.717) is 39.2 Å². The monoisotopic (exact) mass is 532 g/mol. The third-order valence-corrected chi connectivity index (χ3v) is 6.14. The van der Waals surface area contributed by atoms with Gasteiger partial charge in [0, 0.05) is 22.6 Å². The number of rotatable bonds is 7. The minimum Gasteiger partial charge on any atom is -0.322 e. The van der Waals surface area contributed by atoms with Crippen LogP contribution in [0.15, 0.2) is 52.6 Å². The molecule has 0 spiro atoms. The van der Waals surface area contributed by atoms with Crippen LogP contribution in [0.1, 0.15) is 0 Å². The third kappa shape index (κ3) is 5.21. The van der Waals surface area contributed by atoms with Gasteiger partial charge in [0.1, 0.15) is 5.82 Å². The molecule has 156 valence electrons. The van der Waals surface area contributed by atoms with E-state index in [4.69, 9.17) is 23.2 Å². The van der Waals surface area contributed by atoms with Gasteiger partial charge in [-0.2, -0.15) is 0 Å². The Labute approximate surface area is 193 Å². The van der Waals surface area contributed by atoms with Crippen molar-refractivity contribution in [2.24, 2.45) is 0 Å². The largest absolute Gasteiger partial charge is 0.322 e. The number of carbonyl (C=O) groups is 1. The first kappa shape index (κ1) is 22.7. The highest BCUT2D eigenvalue weighted by Gasteiger charge is 2.17. The van der Waals surface area contributed by atoms with Gasteiger partial charge in [-0.3, -0.25) is 9.36 Å². The highest BCUT2D eigenvalue weighted by Crippen LogP contribution is 2.30. The normalized spacial score (nSPS) is 10.8. The molecule has 30 heavy (non-hydrogen) atoms. The zero-order valence-electron chi connectivity index (χ0n) is 15.1. The minimum atomic E-state index is -0.878. The van der Waals surface area contributed by atoms with E-state index >= 15 is 0 Å². The second-order valence-electron chi connectivity index (χ2n) is 5.92. The van der Waals surface area contributed by atoms with Crippen LogP contribution in [0, 0.1) is 11.6 Å². The minimum absolute atomic E-state index is 0.0695. The van der Waals surface area contributed by atoms with Gasteiger partial charge in [0.25, 0.3) is 0 Å². The standard InChI is InChI=1S/C19H13BrCl2F2N4OS/c1-2-5-28-18(10-3-4-13(21)14(22)6-10)26-27-19(28)30-9-16(29)25-17-12(20)7-11(23)8-15(17)24/h2-4,6-8H,1,5,9H2,(H,25,29). The van der Waals surface area contributed by atoms with Crippen molar-refractivity contribution in [2.75, 3.05) is 11.1 Å². The molecule has 0 unspecified atom stereocenters. The van der Waals surface area contributed by atoms with Gasteiger partial charge in [-0.1, -0.05) is 41.0 Å². The highest BCUT2D eigenvalue weighted by atomic mass is 79.9. The van der Waals surface area contributed by atoms with Crippen molar-refractivity contribution in [3.63, 3.8) is 0 Å². The first-order chi connectivity index (χ1) is 14.3. The molecule has 0 fully saturated rings. The molecule has 3 rings (SSSR count). The Morgan fingerprint density at radius 2 is 2.00 bits per heavy atom. The number of halogens is 5. The maximum atomic E-state index is 13.9. The number of thioether (sulfide) groups is 1. The second kappa shape index (κ2) is 9.91. The molecule has 1 amide bonds. The summed E-state index contributed by atoms with van der Waals surface area (Å²) in [4.78, 5) is 12.3. The molecule has 11 heteroatoms. The van der Waals surface area contributed by atoms with Crippen molar-refractivity contribution in [1.29, 1.82) is 0 Å². The van der Waals surface area contributed by atoms with Crippen molar-refractivity contribution in [1.82, 2.24) is 14.8 Å². The highest BCUT2D eigenvalue weighted by molar-refractivity contribution is 9.10. The lowest BCUT2D eigenvalue weighted by Gasteiger charge is -2.10. The van der Waals surface area contributed by atoms with E-state index in [1.807, 2.05) is 0 Å². The number of benzene rings is 2. The summed E-state index contributed by atoms with van der Waals surface area (Å²) in [6.07, 6.45) is 1.67. The van der Waals surface area contributed by atoms with E-state index in [1.54, 1.807) is 28.8 Å². The predicted molar refractivity (Wildman–Crippen MR) is 119 cm³/mol. The van der Waals surface area contributed by atoms with Crippen molar-refractivity contribution in [3.8, 4) is 11.4 Å². The summed E-state index contributed by atoms with van der Waals surface area (Å²) < 4.78 is 29.0. The lowest BCUT2D eigenvalue weighted by Crippen LogP contribution is -2.16. The first-order valence-corrected chi connectivity index (χ1v) is 10.9. The lowest BCUT2D eigenvalue weighted by molar-refractivity contribution is -0.113. The van der Waals surface area contributed by atoms with Gasteiger partial charge < -0.3 is 5.32 Å². The van der Waals surface area contributed by atoms with Crippen LogP contribution in [0.5, 0.6) is 0 Å². The van der Waals surface area contributed by atoms with Gasteiger partial charge in [-0.05, 0) is 40.2 Å². The van der Waals surface area contributed by atoms with Crippen molar-refractivity contribution >= 4 is 62.5 Å². The lowest BCUT2D eigenvalue weighted by atomic mass is 10.2. The summed E-state index contributed by atoms with van der Waals surface area (Å²) in [6.45, 7) is 4.12. The number of hydrogen-bond acceptors (Lipinski definition) is 4. The van der Waals surface area contributed by atoms with Crippen LogP contribution in [0.4, 0.5) is 14.5 Å². The summed E-state index contributed by atoms with van der Waals surface area (Å²) in [6, 6.07) is 6.84. The zero-order valence-corrected chi connectivity index (χ0v) is 19.0. The van der Waals surface area contributed by atoms with Gasteiger partial charge in [0.15, 0.2) is 16.8 Å². The van der Waals surface area contributed by atoms with E-state index < -0.39 is 17.5 Å². The number of anilines is 1. The summed E-state index contributed by atoms with van der Waals surface area (Å²) in [5.41, 5.74) is 0.568. The average molecular weight is 534 g/mol. The summed E-state index contributed by atoms with van der Waals surface area (Å²) >= 11 is 16.2. The Bertz CT molecular complexity index is 1100. The molecule has 0 aliphatic rings. The molecule has 0 aliphatic carbocycles. The van der Waals surface area contributed by atoms with Crippen molar-refractivity contribution < 1.29 is 13.6 Å². The Kier molecular flexibility index (Phi) is 7.51. The number of hydrogen-bond donors (Lipinski definition) is 1. The Hall–Kier alpha value is -1.94. The molecule has 2 aromatic carbocycles. The van der Waals surface area contributed by atoms with Gasteiger partial charge in [0.05, 0.1) is 21.5 Å². The van der Waals surface area contributed by atoms with Crippen LogP contribution in [0.3, 0.4) is 0 Å². The maximum Gasteiger partial charge on any atom is 0.234 e. The third-order valence-electron chi connectivity index (χ3n) is 3.81. The summed E-state index contributed by atoms with van der Waals surface area (Å²) in [5, 5.41) is 12.0. The fraction of sp³-hybridized carbons (Fsp3) is 0.105. The molecule has 5 nitrogen and oxygen atoms in total. The molecule has 3 aromatic rings. The first-order valence-electron chi connectivity index (χ1n) is 8.37. The van der Waals surface area contributed by atoms with E-state index in [-0.39, 0.29) is 15.9 Å². The fourth-order valence-electron chi connectivity index (χ4n) is 2.51. The molecule has 0 saturated carbocycles. The molecule has 0 saturated heterocycles. The SMILES string of the molecule is C=CCn1c(SCC(=O)Nc2c(F)cc(F)cc2Br)nnc1-c1ccc(Cl)c(Cl)c1. The number of nitrogens with one attached hydrogen (secondary N) is 1. The Balaban J connectivity index is 1.77. The van der Waals surface area contributed by atoms with Gasteiger partial charge >= 0.3 is 0 Å². The number of amides is 1. The Morgan fingerprint density at radius 3 is 2.67 bits per heavy atom. The van der Waals surface area contributed by atoms with Crippen LogP contribution < -0.4 is 5.32 Å². The fourth-order valence-corrected chi connectivity index (χ4v) is 4.06. The zero-order chi connectivity index (χ0) is 21.8. The van der Waals surface area contributed by atoms with Crippen LogP contribution in [0.25, 0.3) is 11.4 Å². The molecule has 0 aliphatic heterocycles. The van der Waals surface area contributed by atoms with E-state index in [1.165, 1.54) is 0 Å². The molecular weight excluding hydrogens is 521 g/mol. The summed E-state index contributed by atoms with van der Waals surface area (Å²) in [5.74, 6) is -1.66. The van der Waals surface area contributed by atoms with Crippen LogP contribution >= 0.6 is 50.9 Å². The molecule has 0 atom stereocenters.